The van der Waals surface area contributed by atoms with Crippen LogP contribution < -0.4 is 5.32 Å². The number of hydrogen-bond acceptors (Lipinski definition) is 4. The van der Waals surface area contributed by atoms with Gasteiger partial charge in [0.15, 0.2) is 0 Å². The maximum absolute atomic E-state index is 9.75. The van der Waals surface area contributed by atoms with Crippen molar-refractivity contribution in [1.29, 1.82) is 0 Å². The highest BCUT2D eigenvalue weighted by molar-refractivity contribution is 4.85. The average Bonchev–Trinajstić information content (AvgIpc) is 2.35. The van der Waals surface area contributed by atoms with E-state index in [0.717, 1.165) is 26.0 Å². The van der Waals surface area contributed by atoms with E-state index < -0.39 is 6.10 Å². The van der Waals surface area contributed by atoms with Gasteiger partial charge in [-0.15, -0.1) is 0 Å². The van der Waals surface area contributed by atoms with Crippen LogP contribution in [0.5, 0.6) is 0 Å². The monoisotopic (exact) mass is 273 g/mol. The topological polar surface area (TPSA) is 50.7 Å². The highest BCUT2D eigenvalue weighted by atomic mass is 16.5. The first-order chi connectivity index (χ1) is 9.16. The average molecular weight is 273 g/mol. The number of ether oxygens (including phenoxy) is 2. The summed E-state index contributed by atoms with van der Waals surface area (Å²) in [5.74, 6) is 0. The number of rotatable bonds is 12. The Labute approximate surface area is 117 Å². The maximum Gasteiger partial charge on any atom is 0.0897 e. The Morgan fingerprint density at radius 1 is 1.21 bits per heavy atom. The molecule has 1 aliphatic rings. The molecule has 19 heavy (non-hydrogen) atoms. The Morgan fingerprint density at radius 3 is 2.58 bits per heavy atom. The standard InChI is InChI=1S/C15H31NO3/c1-3-4-8-18-9-10-19-12-14(17)11-16-13-15(2)6-5-7-15/h14,16-17H,3-13H2,1-2H3. The molecule has 4 nitrogen and oxygen atoms in total. The van der Waals surface area contributed by atoms with Gasteiger partial charge in [0.05, 0.1) is 25.9 Å². The Bertz CT molecular complexity index is 219. The molecule has 0 amide bonds. The smallest absolute Gasteiger partial charge is 0.0897 e. The predicted molar refractivity (Wildman–Crippen MR) is 77.4 cm³/mol. The lowest BCUT2D eigenvalue weighted by Crippen LogP contribution is -2.41. The van der Waals surface area contributed by atoms with Crippen LogP contribution in [0.2, 0.25) is 0 Å². The van der Waals surface area contributed by atoms with Crippen molar-refractivity contribution in [3.05, 3.63) is 0 Å². The van der Waals surface area contributed by atoms with Crippen molar-refractivity contribution in [2.75, 3.05) is 39.5 Å². The molecule has 0 spiro atoms. The van der Waals surface area contributed by atoms with Gasteiger partial charge in [-0.3, -0.25) is 0 Å². The fourth-order valence-corrected chi connectivity index (χ4v) is 2.24. The van der Waals surface area contributed by atoms with Gasteiger partial charge in [0.2, 0.25) is 0 Å². The number of aliphatic hydroxyl groups excluding tert-OH is 1. The minimum Gasteiger partial charge on any atom is -0.389 e. The first-order valence-electron chi connectivity index (χ1n) is 7.70. The van der Waals surface area contributed by atoms with Gasteiger partial charge < -0.3 is 19.9 Å². The van der Waals surface area contributed by atoms with Gasteiger partial charge >= 0.3 is 0 Å². The summed E-state index contributed by atoms with van der Waals surface area (Å²) in [6, 6.07) is 0. The van der Waals surface area contributed by atoms with Crippen LogP contribution in [0.4, 0.5) is 0 Å². The van der Waals surface area contributed by atoms with Crippen LogP contribution in [0.3, 0.4) is 0 Å². The maximum atomic E-state index is 9.75. The highest BCUT2D eigenvalue weighted by Crippen LogP contribution is 2.39. The zero-order chi connectivity index (χ0) is 14.0. The first kappa shape index (κ1) is 16.9. The third kappa shape index (κ3) is 7.88. The van der Waals surface area contributed by atoms with E-state index in [9.17, 15) is 5.11 Å². The third-order valence-corrected chi connectivity index (χ3v) is 3.82. The van der Waals surface area contributed by atoms with Crippen LogP contribution in [-0.4, -0.2) is 50.7 Å². The summed E-state index contributed by atoms with van der Waals surface area (Å²) in [5, 5.41) is 13.1. The van der Waals surface area contributed by atoms with E-state index in [-0.39, 0.29) is 0 Å². The molecule has 1 saturated carbocycles. The van der Waals surface area contributed by atoms with Crippen molar-refractivity contribution < 1.29 is 14.6 Å². The quantitative estimate of drug-likeness (QED) is 0.534. The minimum absolute atomic E-state index is 0.390. The number of unbranched alkanes of at least 4 members (excludes halogenated alkanes) is 1. The van der Waals surface area contributed by atoms with E-state index in [1.54, 1.807) is 0 Å². The van der Waals surface area contributed by atoms with Crippen molar-refractivity contribution >= 4 is 0 Å². The summed E-state index contributed by atoms with van der Waals surface area (Å²) in [6.07, 6.45) is 5.81. The molecule has 1 fully saturated rings. The fourth-order valence-electron chi connectivity index (χ4n) is 2.24. The van der Waals surface area contributed by atoms with E-state index in [1.165, 1.54) is 19.3 Å². The van der Waals surface area contributed by atoms with E-state index in [1.807, 2.05) is 0 Å². The van der Waals surface area contributed by atoms with Crippen LogP contribution in [0.1, 0.15) is 46.0 Å². The summed E-state index contributed by atoms with van der Waals surface area (Å²) < 4.78 is 10.8. The van der Waals surface area contributed by atoms with Crippen LogP contribution in [0, 0.1) is 5.41 Å². The van der Waals surface area contributed by atoms with Crippen molar-refractivity contribution in [2.45, 2.75) is 52.1 Å². The lowest BCUT2D eigenvalue weighted by Gasteiger charge is -2.38. The van der Waals surface area contributed by atoms with Gasteiger partial charge in [0, 0.05) is 19.7 Å². The molecular weight excluding hydrogens is 242 g/mol. The van der Waals surface area contributed by atoms with Crippen LogP contribution in [0.25, 0.3) is 0 Å². The van der Waals surface area contributed by atoms with Gasteiger partial charge in [-0.25, -0.2) is 0 Å². The van der Waals surface area contributed by atoms with Crippen LogP contribution in [0.15, 0.2) is 0 Å². The van der Waals surface area contributed by atoms with Gasteiger partial charge in [-0.2, -0.15) is 0 Å². The summed E-state index contributed by atoms with van der Waals surface area (Å²) in [6.45, 7) is 8.46. The summed E-state index contributed by atoms with van der Waals surface area (Å²) in [5.41, 5.74) is 0.466. The zero-order valence-corrected chi connectivity index (χ0v) is 12.6. The Balaban J connectivity index is 1.83. The largest absolute Gasteiger partial charge is 0.389 e. The first-order valence-corrected chi connectivity index (χ1v) is 7.70. The second-order valence-corrected chi connectivity index (χ2v) is 5.99. The zero-order valence-electron chi connectivity index (χ0n) is 12.6. The van der Waals surface area contributed by atoms with E-state index in [0.29, 0.717) is 31.8 Å². The molecule has 1 atom stereocenters. The van der Waals surface area contributed by atoms with Gasteiger partial charge in [-0.05, 0) is 24.7 Å². The number of nitrogens with one attached hydrogen (secondary N) is 1. The molecule has 1 rings (SSSR count). The van der Waals surface area contributed by atoms with Crippen LogP contribution >= 0.6 is 0 Å². The molecule has 0 saturated heterocycles. The normalized spacial score (nSPS) is 19.1. The van der Waals surface area contributed by atoms with Crippen molar-refractivity contribution in [3.63, 3.8) is 0 Å². The molecule has 0 aliphatic heterocycles. The number of aliphatic hydroxyl groups is 1. The molecule has 0 aromatic rings. The van der Waals surface area contributed by atoms with Crippen molar-refractivity contribution in [2.24, 2.45) is 5.41 Å². The molecule has 2 N–H and O–H groups in total. The van der Waals surface area contributed by atoms with Gasteiger partial charge in [0.25, 0.3) is 0 Å². The Hall–Kier alpha value is -0.160. The SMILES string of the molecule is CCCCOCCOCC(O)CNCC1(C)CCC1. The van der Waals surface area contributed by atoms with Crippen LogP contribution in [-0.2, 0) is 9.47 Å². The molecule has 114 valence electrons. The van der Waals surface area contributed by atoms with E-state index in [2.05, 4.69) is 19.2 Å². The predicted octanol–water partition coefficient (Wildman–Crippen LogP) is 1.96. The molecule has 0 aromatic carbocycles. The van der Waals surface area contributed by atoms with Gasteiger partial charge in [0.1, 0.15) is 0 Å². The lowest BCUT2D eigenvalue weighted by molar-refractivity contribution is 0.00260. The third-order valence-electron chi connectivity index (χ3n) is 3.82. The molecule has 1 unspecified atom stereocenters. The lowest BCUT2D eigenvalue weighted by atomic mass is 9.70. The van der Waals surface area contributed by atoms with Crippen molar-refractivity contribution in [3.8, 4) is 0 Å². The number of hydrogen-bond donors (Lipinski definition) is 2. The molecule has 0 radical (unpaired) electrons. The van der Waals surface area contributed by atoms with E-state index >= 15 is 0 Å². The molecule has 0 heterocycles. The fraction of sp³-hybridized carbons (Fsp3) is 1.00. The molecule has 0 aromatic heterocycles. The van der Waals surface area contributed by atoms with Gasteiger partial charge in [-0.1, -0.05) is 26.7 Å². The Kier molecular flexibility index (Phi) is 8.62. The highest BCUT2D eigenvalue weighted by Gasteiger charge is 2.31. The molecular formula is C15H31NO3. The molecule has 0 bridgehead atoms. The Morgan fingerprint density at radius 2 is 1.95 bits per heavy atom. The molecule has 1 aliphatic carbocycles. The minimum atomic E-state index is -0.417. The summed E-state index contributed by atoms with van der Waals surface area (Å²) >= 11 is 0. The molecule has 4 heteroatoms. The second kappa shape index (κ2) is 9.70. The summed E-state index contributed by atoms with van der Waals surface area (Å²) in [7, 11) is 0. The van der Waals surface area contributed by atoms with Crippen molar-refractivity contribution in [1.82, 2.24) is 5.32 Å². The second-order valence-electron chi connectivity index (χ2n) is 5.99. The van der Waals surface area contributed by atoms with E-state index in [4.69, 9.17) is 9.47 Å². The summed E-state index contributed by atoms with van der Waals surface area (Å²) in [4.78, 5) is 0.